The SMILES string of the molecule is C=C1CCC2C(C)(C)CCCC2(C)C1CC=C1C=COC1=O. The molecule has 120 valence electrons. The summed E-state index contributed by atoms with van der Waals surface area (Å²) in [6.07, 6.45) is 12.6. The lowest BCUT2D eigenvalue weighted by Crippen LogP contribution is -2.49. The lowest BCUT2D eigenvalue weighted by Gasteiger charge is -2.58. The molecule has 3 rings (SSSR count). The van der Waals surface area contributed by atoms with Crippen molar-refractivity contribution in [1.29, 1.82) is 0 Å². The monoisotopic (exact) mass is 300 g/mol. The number of fused-ring (bicyclic) bond motifs is 1. The van der Waals surface area contributed by atoms with E-state index in [1.54, 1.807) is 6.08 Å². The van der Waals surface area contributed by atoms with Gasteiger partial charge in [-0.2, -0.15) is 0 Å². The van der Waals surface area contributed by atoms with E-state index in [0.29, 0.717) is 22.3 Å². The van der Waals surface area contributed by atoms with Gasteiger partial charge in [0.15, 0.2) is 0 Å². The number of hydrogen-bond donors (Lipinski definition) is 0. The van der Waals surface area contributed by atoms with Crippen LogP contribution in [0.1, 0.15) is 59.3 Å². The van der Waals surface area contributed by atoms with Crippen LogP contribution in [0.4, 0.5) is 0 Å². The predicted octanol–water partition coefficient (Wildman–Crippen LogP) is 5.17. The minimum atomic E-state index is -0.216. The van der Waals surface area contributed by atoms with Gasteiger partial charge in [-0.1, -0.05) is 45.4 Å². The van der Waals surface area contributed by atoms with Crippen molar-refractivity contribution in [2.45, 2.75) is 59.3 Å². The largest absolute Gasteiger partial charge is 0.431 e. The van der Waals surface area contributed by atoms with E-state index in [1.165, 1.54) is 37.5 Å². The summed E-state index contributed by atoms with van der Waals surface area (Å²) in [5.74, 6) is 1.03. The maximum atomic E-state index is 11.6. The Morgan fingerprint density at radius 1 is 1.36 bits per heavy atom. The third kappa shape index (κ3) is 2.47. The van der Waals surface area contributed by atoms with Crippen LogP contribution >= 0.6 is 0 Å². The highest BCUT2D eigenvalue weighted by atomic mass is 16.5. The van der Waals surface area contributed by atoms with Gasteiger partial charge in [-0.25, -0.2) is 4.79 Å². The van der Waals surface area contributed by atoms with Crippen molar-refractivity contribution in [3.8, 4) is 0 Å². The molecule has 2 aliphatic carbocycles. The number of rotatable bonds is 2. The van der Waals surface area contributed by atoms with E-state index >= 15 is 0 Å². The quantitative estimate of drug-likeness (QED) is 0.399. The first-order valence-corrected chi connectivity index (χ1v) is 8.60. The third-order valence-corrected chi connectivity index (χ3v) is 6.55. The summed E-state index contributed by atoms with van der Waals surface area (Å²) in [6.45, 7) is 11.7. The lowest BCUT2D eigenvalue weighted by atomic mass is 9.47. The highest BCUT2D eigenvalue weighted by Crippen LogP contribution is 2.61. The summed E-state index contributed by atoms with van der Waals surface area (Å²) in [4.78, 5) is 11.6. The molecule has 2 fully saturated rings. The van der Waals surface area contributed by atoms with Gasteiger partial charge >= 0.3 is 5.97 Å². The van der Waals surface area contributed by atoms with Gasteiger partial charge in [0, 0.05) is 0 Å². The minimum Gasteiger partial charge on any atom is -0.431 e. The van der Waals surface area contributed by atoms with Gasteiger partial charge in [-0.15, -0.1) is 0 Å². The average molecular weight is 300 g/mol. The van der Waals surface area contributed by atoms with E-state index < -0.39 is 0 Å². The Morgan fingerprint density at radius 2 is 2.14 bits per heavy atom. The number of carbonyl (C=O) groups excluding carboxylic acids is 1. The number of esters is 1. The van der Waals surface area contributed by atoms with Crippen LogP contribution in [0.15, 0.2) is 36.1 Å². The molecule has 2 nitrogen and oxygen atoms in total. The lowest BCUT2D eigenvalue weighted by molar-refractivity contribution is -0.132. The van der Waals surface area contributed by atoms with Gasteiger partial charge in [-0.05, 0) is 60.8 Å². The fraction of sp³-hybridized carbons (Fsp3) is 0.650. The maximum absolute atomic E-state index is 11.6. The molecule has 3 aliphatic rings. The molecule has 2 heteroatoms. The molecule has 0 N–H and O–H groups in total. The normalized spacial score (nSPS) is 39.0. The molecule has 22 heavy (non-hydrogen) atoms. The van der Waals surface area contributed by atoms with Crippen LogP contribution in [0, 0.1) is 22.7 Å². The molecule has 0 aromatic rings. The van der Waals surface area contributed by atoms with Gasteiger partial charge in [0.1, 0.15) is 0 Å². The van der Waals surface area contributed by atoms with E-state index in [9.17, 15) is 4.79 Å². The number of cyclic esters (lactones) is 1. The van der Waals surface area contributed by atoms with Crippen molar-refractivity contribution in [3.63, 3.8) is 0 Å². The van der Waals surface area contributed by atoms with Crippen molar-refractivity contribution in [3.05, 3.63) is 36.1 Å². The highest BCUT2D eigenvalue weighted by molar-refractivity contribution is 5.94. The molecule has 2 saturated carbocycles. The van der Waals surface area contributed by atoms with E-state index in [0.717, 1.165) is 18.8 Å². The summed E-state index contributed by atoms with van der Waals surface area (Å²) < 4.78 is 4.89. The van der Waals surface area contributed by atoms with Crippen LogP contribution in [0.25, 0.3) is 0 Å². The van der Waals surface area contributed by atoms with Gasteiger partial charge < -0.3 is 4.74 Å². The van der Waals surface area contributed by atoms with E-state index in [4.69, 9.17) is 4.74 Å². The van der Waals surface area contributed by atoms with Gasteiger partial charge in [0.2, 0.25) is 0 Å². The van der Waals surface area contributed by atoms with Gasteiger partial charge in [0.05, 0.1) is 11.8 Å². The first-order valence-electron chi connectivity index (χ1n) is 8.60. The molecule has 0 amide bonds. The van der Waals surface area contributed by atoms with Crippen molar-refractivity contribution in [1.82, 2.24) is 0 Å². The second-order valence-corrected chi connectivity index (χ2v) is 8.25. The fourth-order valence-electron chi connectivity index (χ4n) is 5.41. The van der Waals surface area contributed by atoms with Crippen LogP contribution in [0.5, 0.6) is 0 Å². The second kappa shape index (κ2) is 5.40. The Hall–Kier alpha value is -1.31. The molecule has 0 aromatic heterocycles. The van der Waals surface area contributed by atoms with Crippen molar-refractivity contribution >= 4 is 5.97 Å². The number of carbonyl (C=O) groups is 1. The van der Waals surface area contributed by atoms with Crippen molar-refractivity contribution in [2.75, 3.05) is 0 Å². The second-order valence-electron chi connectivity index (χ2n) is 8.25. The molecule has 0 aromatic carbocycles. The summed E-state index contributed by atoms with van der Waals surface area (Å²) in [5, 5.41) is 0. The number of allylic oxidation sites excluding steroid dienone is 2. The Bertz CT molecular complexity index is 552. The summed E-state index contributed by atoms with van der Waals surface area (Å²) in [5.41, 5.74) is 2.82. The zero-order valence-corrected chi connectivity index (χ0v) is 14.2. The van der Waals surface area contributed by atoms with E-state index in [-0.39, 0.29) is 5.97 Å². The zero-order valence-electron chi connectivity index (χ0n) is 14.2. The molecular weight excluding hydrogens is 272 g/mol. The van der Waals surface area contributed by atoms with E-state index in [2.05, 4.69) is 33.4 Å². The Labute approximate surface area is 134 Å². The van der Waals surface area contributed by atoms with Crippen LogP contribution in [-0.2, 0) is 9.53 Å². The Morgan fingerprint density at radius 3 is 2.82 bits per heavy atom. The first-order chi connectivity index (χ1) is 10.3. The van der Waals surface area contributed by atoms with Gasteiger partial charge in [0.25, 0.3) is 0 Å². The highest BCUT2D eigenvalue weighted by Gasteiger charge is 2.52. The average Bonchev–Trinajstić information content (AvgIpc) is 2.82. The standard InChI is InChI=1S/C20H28O2/c1-14-6-9-17-19(2,3)11-5-12-20(17,4)16(14)8-7-15-10-13-22-18(15)21/h7,10,13,16-17H,1,5-6,8-9,11-12H2,2-4H3. The van der Waals surface area contributed by atoms with Crippen LogP contribution in [0.3, 0.4) is 0 Å². The van der Waals surface area contributed by atoms with Gasteiger partial charge in [-0.3, -0.25) is 0 Å². The van der Waals surface area contributed by atoms with Crippen LogP contribution in [-0.4, -0.2) is 5.97 Å². The van der Waals surface area contributed by atoms with Crippen molar-refractivity contribution < 1.29 is 9.53 Å². The minimum absolute atomic E-state index is 0.216. The van der Waals surface area contributed by atoms with Crippen LogP contribution < -0.4 is 0 Å². The molecule has 1 heterocycles. The molecule has 1 aliphatic heterocycles. The maximum Gasteiger partial charge on any atom is 0.342 e. The first kappa shape index (κ1) is 15.6. The van der Waals surface area contributed by atoms with Crippen LogP contribution in [0.2, 0.25) is 0 Å². The third-order valence-electron chi connectivity index (χ3n) is 6.55. The molecule has 0 bridgehead atoms. The Kier molecular flexibility index (Phi) is 3.82. The zero-order chi connectivity index (χ0) is 16.0. The summed E-state index contributed by atoms with van der Waals surface area (Å²) in [7, 11) is 0. The topological polar surface area (TPSA) is 26.3 Å². The number of hydrogen-bond acceptors (Lipinski definition) is 2. The molecule has 0 spiro atoms. The smallest absolute Gasteiger partial charge is 0.342 e. The van der Waals surface area contributed by atoms with E-state index in [1.807, 2.05) is 0 Å². The summed E-state index contributed by atoms with van der Waals surface area (Å²) in [6, 6.07) is 0. The summed E-state index contributed by atoms with van der Waals surface area (Å²) >= 11 is 0. The molecule has 0 saturated heterocycles. The van der Waals surface area contributed by atoms with Crippen molar-refractivity contribution in [2.24, 2.45) is 22.7 Å². The fourth-order valence-corrected chi connectivity index (χ4v) is 5.41. The molecular formula is C20H28O2. The predicted molar refractivity (Wildman–Crippen MR) is 89.0 cm³/mol. The molecule has 0 radical (unpaired) electrons. The number of ether oxygens (including phenoxy) is 1. The molecule has 3 atom stereocenters. The molecule has 3 unspecified atom stereocenters. The Balaban J connectivity index is 1.86.